The Labute approximate surface area is 138 Å². The smallest absolute Gasteiger partial charge is 0.275 e. The Morgan fingerprint density at radius 1 is 1.04 bits per heavy atom. The number of phenolic OH excluding ortho intramolecular Hbond substituents is 3. The van der Waals surface area contributed by atoms with Gasteiger partial charge in [0.05, 0.1) is 0 Å². The van der Waals surface area contributed by atoms with Crippen LogP contribution in [-0.2, 0) is 4.79 Å². The Kier molecular flexibility index (Phi) is 4.74. The first-order chi connectivity index (χ1) is 11.3. The lowest BCUT2D eigenvalue weighted by Gasteiger charge is -2.10. The Morgan fingerprint density at radius 2 is 1.62 bits per heavy atom. The van der Waals surface area contributed by atoms with Gasteiger partial charge >= 0.3 is 0 Å². The van der Waals surface area contributed by atoms with Crippen molar-refractivity contribution in [1.82, 2.24) is 0 Å². The van der Waals surface area contributed by atoms with E-state index in [1.54, 1.807) is 12.1 Å². The van der Waals surface area contributed by atoms with Gasteiger partial charge in [0.25, 0.3) is 5.91 Å². The molecule has 0 aromatic heterocycles. The van der Waals surface area contributed by atoms with Crippen molar-refractivity contribution in [3.05, 3.63) is 47.5 Å². The maximum Gasteiger partial charge on any atom is 0.275 e. The monoisotopic (exact) mass is 327 g/mol. The lowest BCUT2D eigenvalue weighted by Crippen LogP contribution is -2.24. The number of carbonyl (C=O) groups excluding carboxylic acids is 1. The molecule has 0 saturated carbocycles. The standard InChI is InChI=1S/C17H17N3O4/c1-9(16(24)20-17(18)19)6-11-7-14(22)15(23)8-13(11)10-2-4-12(21)5-3-10/h2-8,21-23H,1H3,(H4,18,19,20,24). The van der Waals surface area contributed by atoms with Crippen LogP contribution in [0.2, 0.25) is 0 Å². The molecule has 124 valence electrons. The van der Waals surface area contributed by atoms with Gasteiger partial charge in [-0.15, -0.1) is 0 Å². The van der Waals surface area contributed by atoms with Gasteiger partial charge in [0.1, 0.15) is 5.75 Å². The second kappa shape index (κ2) is 6.74. The highest BCUT2D eigenvalue weighted by Gasteiger charge is 2.11. The minimum absolute atomic E-state index is 0.0953. The zero-order chi connectivity index (χ0) is 17.9. The molecule has 0 fully saturated rings. The molecule has 7 nitrogen and oxygen atoms in total. The van der Waals surface area contributed by atoms with Crippen LogP contribution in [0.1, 0.15) is 12.5 Å². The quantitative estimate of drug-likeness (QED) is 0.251. The van der Waals surface area contributed by atoms with Crippen LogP contribution < -0.4 is 11.5 Å². The lowest BCUT2D eigenvalue weighted by molar-refractivity contribution is -0.114. The third-order valence-electron chi connectivity index (χ3n) is 3.27. The van der Waals surface area contributed by atoms with E-state index in [0.29, 0.717) is 16.7 Å². The summed E-state index contributed by atoms with van der Waals surface area (Å²) in [6, 6.07) is 8.96. The Balaban J connectivity index is 2.57. The highest BCUT2D eigenvalue weighted by Crippen LogP contribution is 2.36. The van der Waals surface area contributed by atoms with Crippen molar-refractivity contribution in [2.45, 2.75) is 6.92 Å². The molecule has 0 radical (unpaired) electrons. The van der Waals surface area contributed by atoms with Crippen LogP contribution >= 0.6 is 0 Å². The summed E-state index contributed by atoms with van der Waals surface area (Å²) in [6.07, 6.45) is 1.50. The molecular weight excluding hydrogens is 310 g/mol. The van der Waals surface area contributed by atoms with Crippen molar-refractivity contribution in [1.29, 1.82) is 0 Å². The maximum absolute atomic E-state index is 11.8. The van der Waals surface area contributed by atoms with Crippen molar-refractivity contribution < 1.29 is 20.1 Å². The van der Waals surface area contributed by atoms with Gasteiger partial charge in [-0.1, -0.05) is 12.1 Å². The number of guanidine groups is 1. The molecule has 0 spiro atoms. The van der Waals surface area contributed by atoms with E-state index >= 15 is 0 Å². The molecule has 0 aliphatic carbocycles. The van der Waals surface area contributed by atoms with Crippen molar-refractivity contribution in [3.63, 3.8) is 0 Å². The summed E-state index contributed by atoms with van der Waals surface area (Å²) < 4.78 is 0. The van der Waals surface area contributed by atoms with E-state index in [1.165, 1.54) is 37.3 Å². The normalized spacial score (nSPS) is 11.1. The van der Waals surface area contributed by atoms with E-state index < -0.39 is 5.91 Å². The molecule has 1 amide bonds. The average Bonchev–Trinajstić information content (AvgIpc) is 2.51. The number of amides is 1. The van der Waals surface area contributed by atoms with Gasteiger partial charge in [-0.2, -0.15) is 4.99 Å². The maximum atomic E-state index is 11.8. The van der Waals surface area contributed by atoms with E-state index in [2.05, 4.69) is 4.99 Å². The topological polar surface area (TPSA) is 142 Å². The summed E-state index contributed by atoms with van der Waals surface area (Å²) in [4.78, 5) is 15.3. The number of rotatable bonds is 3. The van der Waals surface area contributed by atoms with Crippen LogP contribution in [-0.4, -0.2) is 27.2 Å². The van der Waals surface area contributed by atoms with Gasteiger partial charge in [0, 0.05) is 5.57 Å². The second-order valence-corrected chi connectivity index (χ2v) is 5.14. The molecule has 0 atom stereocenters. The van der Waals surface area contributed by atoms with Gasteiger partial charge in [-0.3, -0.25) is 4.79 Å². The molecule has 2 rings (SSSR count). The fourth-order valence-electron chi connectivity index (χ4n) is 2.10. The first kappa shape index (κ1) is 16.9. The summed E-state index contributed by atoms with van der Waals surface area (Å²) >= 11 is 0. The number of nitrogens with two attached hydrogens (primary N) is 2. The summed E-state index contributed by atoms with van der Waals surface area (Å²) in [6.45, 7) is 1.53. The van der Waals surface area contributed by atoms with Gasteiger partial charge in [-0.25, -0.2) is 0 Å². The number of benzene rings is 2. The fourth-order valence-corrected chi connectivity index (χ4v) is 2.10. The molecule has 7 heteroatoms. The van der Waals surface area contributed by atoms with Gasteiger partial charge < -0.3 is 26.8 Å². The molecule has 0 bridgehead atoms. The predicted octanol–water partition coefficient (Wildman–Crippen LogP) is 1.67. The van der Waals surface area contributed by atoms with E-state index in [9.17, 15) is 20.1 Å². The number of aliphatic imine (C=N–C) groups is 1. The largest absolute Gasteiger partial charge is 0.508 e. The van der Waals surface area contributed by atoms with Crippen LogP contribution in [0.25, 0.3) is 17.2 Å². The van der Waals surface area contributed by atoms with Crippen LogP contribution in [0.15, 0.2) is 47.0 Å². The van der Waals surface area contributed by atoms with Crippen molar-refractivity contribution >= 4 is 17.9 Å². The van der Waals surface area contributed by atoms with Crippen LogP contribution in [0.3, 0.4) is 0 Å². The number of carbonyl (C=O) groups is 1. The number of phenols is 3. The third kappa shape index (κ3) is 3.83. The van der Waals surface area contributed by atoms with Gasteiger partial charge in [0.15, 0.2) is 17.5 Å². The molecule has 7 N–H and O–H groups in total. The zero-order valence-electron chi connectivity index (χ0n) is 12.9. The molecule has 24 heavy (non-hydrogen) atoms. The van der Waals surface area contributed by atoms with E-state index in [-0.39, 0.29) is 28.8 Å². The molecule has 2 aromatic rings. The number of nitrogens with zero attached hydrogens (tertiary/aromatic N) is 1. The van der Waals surface area contributed by atoms with Gasteiger partial charge in [-0.05, 0) is 54.0 Å². The summed E-state index contributed by atoms with van der Waals surface area (Å²) in [5, 5.41) is 28.9. The molecule has 0 saturated heterocycles. The zero-order valence-corrected chi connectivity index (χ0v) is 12.9. The molecule has 0 aliphatic heterocycles. The summed E-state index contributed by atoms with van der Waals surface area (Å²) in [7, 11) is 0. The number of hydrogen-bond donors (Lipinski definition) is 5. The summed E-state index contributed by atoms with van der Waals surface area (Å²) in [5.41, 5.74) is 12.3. The molecule has 2 aromatic carbocycles. The summed E-state index contributed by atoms with van der Waals surface area (Å²) in [5.74, 6) is -1.49. The van der Waals surface area contributed by atoms with Crippen molar-refractivity contribution in [2.75, 3.05) is 0 Å². The molecule has 0 unspecified atom stereocenters. The first-order valence-electron chi connectivity index (χ1n) is 6.95. The average molecular weight is 327 g/mol. The molecule has 0 aliphatic rings. The second-order valence-electron chi connectivity index (χ2n) is 5.14. The number of hydrogen-bond acceptors (Lipinski definition) is 4. The Morgan fingerprint density at radius 3 is 2.21 bits per heavy atom. The molecular formula is C17H17N3O4. The van der Waals surface area contributed by atoms with E-state index in [0.717, 1.165) is 0 Å². The lowest BCUT2D eigenvalue weighted by atomic mass is 9.97. The van der Waals surface area contributed by atoms with Crippen LogP contribution in [0.4, 0.5) is 0 Å². The number of aromatic hydroxyl groups is 3. The minimum Gasteiger partial charge on any atom is -0.508 e. The fraction of sp³-hybridized carbons (Fsp3) is 0.0588. The highest BCUT2D eigenvalue weighted by atomic mass is 16.3. The predicted molar refractivity (Wildman–Crippen MR) is 91.3 cm³/mol. The van der Waals surface area contributed by atoms with E-state index in [4.69, 9.17) is 11.5 Å². The minimum atomic E-state index is -0.612. The van der Waals surface area contributed by atoms with Crippen LogP contribution in [0.5, 0.6) is 17.2 Å². The Bertz CT molecular complexity index is 836. The Hall–Kier alpha value is -3.48. The molecule has 0 heterocycles. The van der Waals surface area contributed by atoms with Crippen LogP contribution in [0, 0.1) is 0 Å². The highest BCUT2D eigenvalue weighted by molar-refractivity contribution is 6.04. The van der Waals surface area contributed by atoms with Gasteiger partial charge in [0.2, 0.25) is 0 Å². The van der Waals surface area contributed by atoms with E-state index in [1.807, 2.05) is 0 Å². The third-order valence-corrected chi connectivity index (χ3v) is 3.27. The van der Waals surface area contributed by atoms with Crippen molar-refractivity contribution in [2.24, 2.45) is 16.5 Å². The van der Waals surface area contributed by atoms with Crippen molar-refractivity contribution in [3.8, 4) is 28.4 Å². The first-order valence-corrected chi connectivity index (χ1v) is 6.95. The SMILES string of the molecule is CC(=Cc1cc(O)c(O)cc1-c1ccc(O)cc1)C(=O)N=C(N)N.